The van der Waals surface area contributed by atoms with E-state index in [0.717, 1.165) is 28.3 Å². The molecule has 0 amide bonds. The molecule has 3 nitrogen and oxygen atoms in total. The molecule has 20 heavy (non-hydrogen) atoms. The highest BCUT2D eigenvalue weighted by Gasteiger charge is 2.38. The third kappa shape index (κ3) is 2.71. The summed E-state index contributed by atoms with van der Waals surface area (Å²) < 4.78 is 11.7. The zero-order chi connectivity index (χ0) is 14.1. The predicted molar refractivity (Wildman–Crippen MR) is 81.2 cm³/mol. The lowest BCUT2D eigenvalue weighted by atomic mass is 10.0. The summed E-state index contributed by atoms with van der Waals surface area (Å²) in [6.45, 7) is 2.99. The van der Waals surface area contributed by atoms with Crippen molar-refractivity contribution < 1.29 is 9.15 Å². The highest BCUT2D eigenvalue weighted by atomic mass is 35.5. The number of furan rings is 1. The molecule has 1 saturated carbocycles. The number of fused-ring (bicyclic) bond motifs is 1. The zero-order valence-electron chi connectivity index (χ0n) is 11.9. The van der Waals surface area contributed by atoms with Crippen molar-refractivity contribution in [2.75, 3.05) is 13.7 Å². The lowest BCUT2D eigenvalue weighted by Gasteiger charge is -2.25. The Morgan fingerprint density at radius 2 is 2.20 bits per heavy atom. The number of hydrogen-bond acceptors (Lipinski definition) is 3. The Bertz CT molecular complexity index is 591. The van der Waals surface area contributed by atoms with E-state index in [0.29, 0.717) is 5.92 Å². The van der Waals surface area contributed by atoms with Crippen molar-refractivity contribution in [3.8, 4) is 0 Å². The minimum absolute atomic E-state index is 0.101. The second-order valence-corrected chi connectivity index (χ2v) is 5.84. The summed E-state index contributed by atoms with van der Waals surface area (Å²) in [6.07, 6.45) is 2.66. The fraction of sp³-hybridized carbons (Fsp3) is 0.500. The first-order valence-electron chi connectivity index (χ1n) is 7.18. The van der Waals surface area contributed by atoms with Gasteiger partial charge >= 0.3 is 0 Å². The van der Waals surface area contributed by atoms with Gasteiger partial charge in [0.15, 0.2) is 0 Å². The van der Waals surface area contributed by atoms with E-state index in [1.165, 1.54) is 12.8 Å². The number of nitrogens with one attached hydrogen (secondary N) is 1. The smallest absolute Gasteiger partial charge is 0.134 e. The van der Waals surface area contributed by atoms with Crippen LogP contribution >= 0.6 is 11.6 Å². The summed E-state index contributed by atoms with van der Waals surface area (Å²) in [6, 6.07) is 7.88. The number of ether oxygens (including phenoxy) is 1. The molecular formula is C16H20ClNO2. The SMILES string of the molecule is CCNC(c1cc2cc(Cl)ccc2o1)C(OC)C1CC1. The molecule has 1 N–H and O–H groups in total. The molecule has 108 valence electrons. The fourth-order valence-corrected chi connectivity index (χ4v) is 2.99. The molecule has 0 bridgehead atoms. The molecule has 4 heteroatoms. The first-order chi connectivity index (χ1) is 9.72. The lowest BCUT2D eigenvalue weighted by molar-refractivity contribution is 0.0450. The van der Waals surface area contributed by atoms with Crippen LogP contribution in [0.5, 0.6) is 0 Å². The van der Waals surface area contributed by atoms with E-state index < -0.39 is 0 Å². The molecule has 1 aromatic heterocycles. The van der Waals surface area contributed by atoms with Crippen LogP contribution in [0.15, 0.2) is 28.7 Å². The van der Waals surface area contributed by atoms with Gasteiger partial charge in [-0.1, -0.05) is 18.5 Å². The Hall–Kier alpha value is -1.03. The van der Waals surface area contributed by atoms with Gasteiger partial charge in [0.05, 0.1) is 12.1 Å². The van der Waals surface area contributed by atoms with Gasteiger partial charge in [-0.05, 0) is 49.6 Å². The van der Waals surface area contributed by atoms with Crippen molar-refractivity contribution in [3.05, 3.63) is 35.0 Å². The molecule has 1 heterocycles. The molecular weight excluding hydrogens is 274 g/mol. The van der Waals surface area contributed by atoms with Gasteiger partial charge in [-0.3, -0.25) is 0 Å². The van der Waals surface area contributed by atoms with Gasteiger partial charge in [0, 0.05) is 17.5 Å². The van der Waals surface area contributed by atoms with Crippen LogP contribution in [0.1, 0.15) is 31.6 Å². The average Bonchev–Trinajstić information content (AvgIpc) is 3.18. The first kappa shape index (κ1) is 13.9. The van der Waals surface area contributed by atoms with Gasteiger partial charge in [-0.25, -0.2) is 0 Å². The van der Waals surface area contributed by atoms with Crippen molar-refractivity contribution >= 4 is 22.6 Å². The Balaban J connectivity index is 1.95. The molecule has 2 atom stereocenters. The van der Waals surface area contributed by atoms with Crippen molar-refractivity contribution in [1.82, 2.24) is 5.32 Å². The quantitative estimate of drug-likeness (QED) is 0.868. The number of methoxy groups -OCH3 is 1. The highest BCUT2D eigenvalue weighted by molar-refractivity contribution is 6.31. The number of hydrogen-bond donors (Lipinski definition) is 1. The maximum atomic E-state index is 6.04. The van der Waals surface area contributed by atoms with Crippen LogP contribution in [0.3, 0.4) is 0 Å². The number of likely N-dealkylation sites (N-methyl/N-ethyl adjacent to an activating group) is 1. The molecule has 0 radical (unpaired) electrons. The Labute approximate surface area is 124 Å². The standard InChI is InChI=1S/C16H20ClNO2/c1-3-18-15(16(19-2)10-4-5-10)14-9-11-8-12(17)6-7-13(11)20-14/h6-10,15-16,18H,3-5H2,1-2H3. The molecule has 1 fully saturated rings. The maximum absolute atomic E-state index is 6.04. The van der Waals surface area contributed by atoms with Crippen LogP contribution in [-0.2, 0) is 4.74 Å². The normalized spacial score (nSPS) is 18.4. The Morgan fingerprint density at radius 3 is 2.85 bits per heavy atom. The second kappa shape index (κ2) is 5.76. The molecule has 1 aliphatic carbocycles. The van der Waals surface area contributed by atoms with Crippen molar-refractivity contribution in [3.63, 3.8) is 0 Å². The maximum Gasteiger partial charge on any atom is 0.134 e. The van der Waals surface area contributed by atoms with Gasteiger partial charge in [0.25, 0.3) is 0 Å². The zero-order valence-corrected chi connectivity index (χ0v) is 12.6. The summed E-state index contributed by atoms with van der Waals surface area (Å²) >= 11 is 6.04. The van der Waals surface area contributed by atoms with Gasteiger partial charge in [-0.15, -0.1) is 0 Å². The molecule has 1 aromatic carbocycles. The topological polar surface area (TPSA) is 34.4 Å². The van der Waals surface area contributed by atoms with Gasteiger partial charge < -0.3 is 14.5 Å². The summed E-state index contributed by atoms with van der Waals surface area (Å²) in [4.78, 5) is 0. The van der Waals surface area contributed by atoms with Gasteiger partial charge in [-0.2, -0.15) is 0 Å². The number of rotatable bonds is 6. The van der Waals surface area contributed by atoms with Gasteiger partial charge in [0.1, 0.15) is 11.3 Å². The largest absolute Gasteiger partial charge is 0.459 e. The van der Waals surface area contributed by atoms with Gasteiger partial charge in [0.2, 0.25) is 0 Å². The first-order valence-corrected chi connectivity index (χ1v) is 7.56. The van der Waals surface area contributed by atoms with E-state index in [-0.39, 0.29) is 12.1 Å². The van der Waals surface area contributed by atoms with E-state index in [2.05, 4.69) is 18.3 Å². The van der Waals surface area contributed by atoms with Crippen LogP contribution in [0.4, 0.5) is 0 Å². The molecule has 0 spiro atoms. The Morgan fingerprint density at radius 1 is 1.40 bits per heavy atom. The third-order valence-electron chi connectivity index (χ3n) is 3.92. The van der Waals surface area contributed by atoms with Crippen LogP contribution in [0, 0.1) is 5.92 Å². The Kier molecular flexibility index (Phi) is 4.01. The highest BCUT2D eigenvalue weighted by Crippen LogP contribution is 2.40. The number of benzene rings is 1. The van der Waals surface area contributed by atoms with E-state index in [4.69, 9.17) is 20.8 Å². The molecule has 1 aliphatic rings. The molecule has 2 aromatic rings. The molecule has 3 rings (SSSR count). The summed E-state index contributed by atoms with van der Waals surface area (Å²) in [5, 5.41) is 5.27. The predicted octanol–water partition coefficient (Wildman–Crippen LogP) is 4.16. The second-order valence-electron chi connectivity index (χ2n) is 5.40. The van der Waals surface area contributed by atoms with E-state index in [1.54, 1.807) is 7.11 Å². The van der Waals surface area contributed by atoms with Crippen LogP contribution < -0.4 is 5.32 Å². The summed E-state index contributed by atoms with van der Waals surface area (Å²) in [5.74, 6) is 1.57. The van der Waals surface area contributed by atoms with Crippen molar-refractivity contribution in [2.45, 2.75) is 31.9 Å². The summed E-state index contributed by atoms with van der Waals surface area (Å²) in [5.41, 5.74) is 0.873. The van der Waals surface area contributed by atoms with Crippen LogP contribution in [0.25, 0.3) is 11.0 Å². The molecule has 0 saturated heterocycles. The third-order valence-corrected chi connectivity index (χ3v) is 4.15. The molecule has 0 aliphatic heterocycles. The fourth-order valence-electron chi connectivity index (χ4n) is 2.81. The lowest BCUT2D eigenvalue weighted by Crippen LogP contribution is -2.34. The number of halogens is 1. The van der Waals surface area contributed by atoms with Crippen LogP contribution in [-0.4, -0.2) is 19.8 Å². The van der Waals surface area contributed by atoms with E-state index >= 15 is 0 Å². The minimum Gasteiger partial charge on any atom is -0.459 e. The van der Waals surface area contributed by atoms with Crippen LogP contribution in [0.2, 0.25) is 5.02 Å². The van der Waals surface area contributed by atoms with Crippen molar-refractivity contribution in [2.24, 2.45) is 5.92 Å². The molecule has 2 unspecified atom stereocenters. The minimum atomic E-state index is 0.101. The van der Waals surface area contributed by atoms with Crippen molar-refractivity contribution in [1.29, 1.82) is 0 Å². The van der Waals surface area contributed by atoms with E-state index in [9.17, 15) is 0 Å². The summed E-state index contributed by atoms with van der Waals surface area (Å²) in [7, 11) is 1.78. The average molecular weight is 294 g/mol. The van der Waals surface area contributed by atoms with E-state index in [1.807, 2.05) is 18.2 Å². The monoisotopic (exact) mass is 293 g/mol.